The second kappa shape index (κ2) is 5.85. The van der Waals surface area contributed by atoms with Gasteiger partial charge in [0.25, 0.3) is 0 Å². The SMILES string of the molecule is Cc1cccc2[nH]c(CNC(=O)C(C)N3CCCC3)nc12. The molecule has 3 rings (SSSR count). The summed E-state index contributed by atoms with van der Waals surface area (Å²) in [7, 11) is 0. The van der Waals surface area contributed by atoms with E-state index in [1.807, 2.05) is 32.0 Å². The van der Waals surface area contributed by atoms with Crippen LogP contribution in [0.15, 0.2) is 18.2 Å². The third-order valence-corrected chi connectivity index (χ3v) is 4.26. The Balaban J connectivity index is 1.63. The molecule has 1 atom stereocenters. The van der Waals surface area contributed by atoms with Gasteiger partial charge in [-0.15, -0.1) is 0 Å². The fourth-order valence-electron chi connectivity index (χ4n) is 2.92. The number of carbonyl (C=O) groups is 1. The van der Waals surface area contributed by atoms with Crippen molar-refractivity contribution in [2.75, 3.05) is 13.1 Å². The molecule has 0 spiro atoms. The number of para-hydroxylation sites is 1. The largest absolute Gasteiger partial charge is 0.348 e. The number of nitrogens with one attached hydrogen (secondary N) is 2. The van der Waals surface area contributed by atoms with Gasteiger partial charge in [0.05, 0.1) is 23.6 Å². The Morgan fingerprint density at radius 2 is 2.19 bits per heavy atom. The number of amides is 1. The summed E-state index contributed by atoms with van der Waals surface area (Å²) in [5, 5.41) is 2.98. The van der Waals surface area contributed by atoms with Gasteiger partial charge in [-0.2, -0.15) is 0 Å². The molecule has 2 N–H and O–H groups in total. The topological polar surface area (TPSA) is 61.0 Å². The van der Waals surface area contributed by atoms with E-state index < -0.39 is 0 Å². The first-order valence-corrected chi connectivity index (χ1v) is 7.61. The highest BCUT2D eigenvalue weighted by atomic mass is 16.2. The van der Waals surface area contributed by atoms with Crippen LogP contribution in [0.25, 0.3) is 11.0 Å². The molecule has 2 heterocycles. The quantitative estimate of drug-likeness (QED) is 0.903. The van der Waals surface area contributed by atoms with Crippen LogP contribution in [0.2, 0.25) is 0 Å². The smallest absolute Gasteiger partial charge is 0.237 e. The van der Waals surface area contributed by atoms with Crippen molar-refractivity contribution < 1.29 is 4.79 Å². The minimum Gasteiger partial charge on any atom is -0.348 e. The van der Waals surface area contributed by atoms with Gasteiger partial charge < -0.3 is 10.3 Å². The number of benzene rings is 1. The van der Waals surface area contributed by atoms with E-state index in [1.54, 1.807) is 0 Å². The predicted molar refractivity (Wildman–Crippen MR) is 82.9 cm³/mol. The van der Waals surface area contributed by atoms with Gasteiger partial charge in [-0.3, -0.25) is 9.69 Å². The van der Waals surface area contributed by atoms with Gasteiger partial charge in [0, 0.05) is 0 Å². The van der Waals surface area contributed by atoms with Gasteiger partial charge >= 0.3 is 0 Å². The molecule has 112 valence electrons. The molecule has 1 saturated heterocycles. The van der Waals surface area contributed by atoms with Crippen LogP contribution >= 0.6 is 0 Å². The van der Waals surface area contributed by atoms with E-state index in [9.17, 15) is 4.79 Å². The standard InChI is InChI=1S/C16H22N4O/c1-11-6-5-7-13-15(11)19-14(18-13)10-17-16(21)12(2)20-8-3-4-9-20/h5-7,12H,3-4,8-10H2,1-2H3,(H,17,21)(H,18,19). The number of aromatic amines is 1. The molecule has 0 bridgehead atoms. The van der Waals surface area contributed by atoms with Crippen molar-refractivity contribution in [2.45, 2.75) is 39.3 Å². The number of H-pyrrole nitrogens is 1. The van der Waals surface area contributed by atoms with Crippen molar-refractivity contribution in [3.63, 3.8) is 0 Å². The number of rotatable bonds is 4. The van der Waals surface area contributed by atoms with Gasteiger partial charge in [0.2, 0.25) is 5.91 Å². The molecule has 1 aliphatic heterocycles. The Kier molecular flexibility index (Phi) is 3.92. The third-order valence-electron chi connectivity index (χ3n) is 4.26. The minimum atomic E-state index is -0.0568. The lowest BCUT2D eigenvalue weighted by Crippen LogP contribution is -2.43. The molecule has 5 nitrogen and oxygen atoms in total. The lowest BCUT2D eigenvalue weighted by atomic mass is 10.2. The molecule has 1 aromatic heterocycles. The number of imidazole rings is 1. The van der Waals surface area contributed by atoms with Gasteiger partial charge in [0.15, 0.2) is 0 Å². The first-order valence-electron chi connectivity index (χ1n) is 7.61. The van der Waals surface area contributed by atoms with E-state index in [2.05, 4.69) is 20.2 Å². The zero-order valence-electron chi connectivity index (χ0n) is 12.6. The maximum absolute atomic E-state index is 12.2. The zero-order chi connectivity index (χ0) is 14.8. The van der Waals surface area contributed by atoms with Gasteiger partial charge in [0.1, 0.15) is 5.82 Å². The lowest BCUT2D eigenvalue weighted by Gasteiger charge is -2.22. The zero-order valence-corrected chi connectivity index (χ0v) is 12.6. The van der Waals surface area contributed by atoms with E-state index in [-0.39, 0.29) is 11.9 Å². The Labute approximate surface area is 124 Å². The summed E-state index contributed by atoms with van der Waals surface area (Å²) in [6.07, 6.45) is 2.39. The van der Waals surface area contributed by atoms with E-state index >= 15 is 0 Å². The first-order chi connectivity index (χ1) is 10.1. The molecule has 1 amide bonds. The van der Waals surface area contributed by atoms with Crippen molar-refractivity contribution in [2.24, 2.45) is 0 Å². The van der Waals surface area contributed by atoms with Crippen molar-refractivity contribution in [1.29, 1.82) is 0 Å². The first kappa shape index (κ1) is 14.1. The average molecular weight is 286 g/mol. The molecule has 1 aromatic carbocycles. The van der Waals surface area contributed by atoms with E-state index in [0.717, 1.165) is 35.5 Å². The molecule has 1 aliphatic rings. The van der Waals surface area contributed by atoms with E-state index in [1.165, 1.54) is 12.8 Å². The van der Waals surface area contributed by atoms with Crippen molar-refractivity contribution in [1.82, 2.24) is 20.2 Å². The average Bonchev–Trinajstić information content (AvgIpc) is 3.13. The number of nitrogens with zero attached hydrogens (tertiary/aromatic N) is 2. The highest BCUT2D eigenvalue weighted by Crippen LogP contribution is 2.15. The van der Waals surface area contributed by atoms with Crippen LogP contribution in [0, 0.1) is 6.92 Å². The van der Waals surface area contributed by atoms with Crippen LogP contribution in [0.4, 0.5) is 0 Å². The number of aryl methyl sites for hydroxylation is 1. The number of aromatic nitrogens is 2. The van der Waals surface area contributed by atoms with Crippen LogP contribution in [-0.4, -0.2) is 39.9 Å². The van der Waals surface area contributed by atoms with Crippen molar-refractivity contribution >= 4 is 16.9 Å². The van der Waals surface area contributed by atoms with Crippen LogP contribution in [-0.2, 0) is 11.3 Å². The number of likely N-dealkylation sites (tertiary alicyclic amines) is 1. The van der Waals surface area contributed by atoms with Gasteiger partial charge in [-0.05, 0) is 51.4 Å². The summed E-state index contributed by atoms with van der Waals surface area (Å²) < 4.78 is 0. The fourth-order valence-corrected chi connectivity index (χ4v) is 2.92. The van der Waals surface area contributed by atoms with E-state index in [0.29, 0.717) is 6.54 Å². The number of hydrogen-bond donors (Lipinski definition) is 2. The number of carbonyl (C=O) groups excluding carboxylic acids is 1. The van der Waals surface area contributed by atoms with Crippen LogP contribution in [0.3, 0.4) is 0 Å². The molecule has 5 heteroatoms. The summed E-state index contributed by atoms with van der Waals surface area (Å²) in [5.74, 6) is 0.885. The Hall–Kier alpha value is -1.88. The van der Waals surface area contributed by atoms with Crippen LogP contribution in [0.1, 0.15) is 31.2 Å². The number of hydrogen-bond acceptors (Lipinski definition) is 3. The Bertz CT molecular complexity index is 643. The van der Waals surface area contributed by atoms with Gasteiger partial charge in [-0.1, -0.05) is 12.1 Å². The van der Waals surface area contributed by atoms with Gasteiger partial charge in [-0.25, -0.2) is 4.98 Å². The highest BCUT2D eigenvalue weighted by molar-refractivity contribution is 5.81. The normalized spacial score (nSPS) is 17.2. The third kappa shape index (κ3) is 2.93. The molecule has 0 radical (unpaired) electrons. The lowest BCUT2D eigenvalue weighted by molar-refractivity contribution is -0.125. The maximum Gasteiger partial charge on any atom is 0.237 e. The molecule has 21 heavy (non-hydrogen) atoms. The van der Waals surface area contributed by atoms with E-state index in [4.69, 9.17) is 0 Å². The summed E-state index contributed by atoms with van der Waals surface area (Å²) in [5.41, 5.74) is 3.15. The molecule has 1 fully saturated rings. The minimum absolute atomic E-state index is 0.0568. The summed E-state index contributed by atoms with van der Waals surface area (Å²) in [4.78, 5) is 22.2. The molecule has 1 unspecified atom stereocenters. The molecule has 0 aliphatic carbocycles. The van der Waals surface area contributed by atoms with Crippen molar-refractivity contribution in [3.8, 4) is 0 Å². The summed E-state index contributed by atoms with van der Waals surface area (Å²) in [6, 6.07) is 6.00. The van der Waals surface area contributed by atoms with Crippen LogP contribution in [0.5, 0.6) is 0 Å². The molecular weight excluding hydrogens is 264 g/mol. The predicted octanol–water partition coefficient (Wildman–Crippen LogP) is 1.97. The Morgan fingerprint density at radius 1 is 1.43 bits per heavy atom. The second-order valence-electron chi connectivity index (χ2n) is 5.79. The molecular formula is C16H22N4O. The highest BCUT2D eigenvalue weighted by Gasteiger charge is 2.23. The summed E-state index contributed by atoms with van der Waals surface area (Å²) in [6.45, 7) is 6.52. The fraction of sp³-hybridized carbons (Fsp3) is 0.500. The molecule has 2 aromatic rings. The maximum atomic E-state index is 12.2. The molecule has 0 saturated carbocycles. The van der Waals surface area contributed by atoms with Crippen molar-refractivity contribution in [3.05, 3.63) is 29.6 Å². The Morgan fingerprint density at radius 3 is 2.90 bits per heavy atom. The number of fused-ring (bicyclic) bond motifs is 1. The second-order valence-corrected chi connectivity index (χ2v) is 5.79. The van der Waals surface area contributed by atoms with Crippen LogP contribution < -0.4 is 5.32 Å². The monoisotopic (exact) mass is 286 g/mol. The summed E-state index contributed by atoms with van der Waals surface area (Å²) >= 11 is 0.